The van der Waals surface area contributed by atoms with Crippen LogP contribution in [0.25, 0.3) is 0 Å². The lowest BCUT2D eigenvalue weighted by atomic mass is 9.99. The predicted molar refractivity (Wildman–Crippen MR) is 74.9 cm³/mol. The van der Waals surface area contributed by atoms with E-state index >= 15 is 0 Å². The lowest BCUT2D eigenvalue weighted by molar-refractivity contribution is 0.198. The van der Waals surface area contributed by atoms with Crippen LogP contribution in [0.5, 0.6) is 5.75 Å². The molecule has 0 fully saturated rings. The van der Waals surface area contributed by atoms with Gasteiger partial charge in [-0.1, -0.05) is 24.3 Å². The molecule has 2 atom stereocenters. The number of benzene rings is 1. The van der Waals surface area contributed by atoms with E-state index in [-0.39, 0.29) is 12.1 Å². The molecule has 0 radical (unpaired) electrons. The zero-order valence-corrected chi connectivity index (χ0v) is 10.6. The second-order valence-corrected chi connectivity index (χ2v) is 4.88. The molecule has 2 unspecified atom stereocenters. The van der Waals surface area contributed by atoms with Gasteiger partial charge in [0.2, 0.25) is 0 Å². The fourth-order valence-electron chi connectivity index (χ4n) is 2.46. The van der Waals surface area contributed by atoms with Crippen LogP contribution in [0.2, 0.25) is 0 Å². The normalized spacial score (nSPS) is 18.7. The number of ether oxygens (including phenoxy) is 1. The molecular formula is C15H17N3O. The van der Waals surface area contributed by atoms with E-state index in [9.17, 15) is 0 Å². The lowest BCUT2D eigenvalue weighted by Gasteiger charge is -2.19. The topological polar surface area (TPSA) is 74.2 Å². The molecule has 1 aromatic heterocycles. The molecule has 3 rings (SSSR count). The lowest BCUT2D eigenvalue weighted by Crippen LogP contribution is -2.39. The second-order valence-electron chi connectivity index (χ2n) is 4.88. The van der Waals surface area contributed by atoms with Crippen molar-refractivity contribution in [2.24, 2.45) is 5.73 Å². The summed E-state index contributed by atoms with van der Waals surface area (Å²) in [5.41, 5.74) is 14.3. The third kappa shape index (κ3) is 2.39. The van der Waals surface area contributed by atoms with Crippen LogP contribution in [-0.4, -0.2) is 17.1 Å². The summed E-state index contributed by atoms with van der Waals surface area (Å²) in [4.78, 5) is 4.08. The van der Waals surface area contributed by atoms with Crippen molar-refractivity contribution in [1.82, 2.24) is 4.98 Å². The van der Waals surface area contributed by atoms with Gasteiger partial charge in [-0.3, -0.25) is 0 Å². The molecule has 1 aliphatic rings. The van der Waals surface area contributed by atoms with Crippen LogP contribution >= 0.6 is 0 Å². The first kappa shape index (κ1) is 12.0. The van der Waals surface area contributed by atoms with Crippen molar-refractivity contribution >= 4 is 5.82 Å². The zero-order valence-electron chi connectivity index (χ0n) is 10.6. The summed E-state index contributed by atoms with van der Waals surface area (Å²) in [6.45, 7) is 0. The minimum absolute atomic E-state index is 0.0111. The van der Waals surface area contributed by atoms with Crippen molar-refractivity contribution in [3.05, 3.63) is 53.7 Å². The van der Waals surface area contributed by atoms with E-state index in [0.717, 1.165) is 17.7 Å². The van der Waals surface area contributed by atoms with Crippen molar-refractivity contribution in [3.63, 3.8) is 0 Å². The number of aromatic nitrogens is 1. The van der Waals surface area contributed by atoms with Crippen molar-refractivity contribution < 1.29 is 4.74 Å². The summed E-state index contributed by atoms with van der Waals surface area (Å²) >= 11 is 0. The molecular weight excluding hydrogens is 238 g/mol. The number of hydrogen-bond acceptors (Lipinski definition) is 4. The Bertz CT molecular complexity index is 560. The van der Waals surface area contributed by atoms with Crippen molar-refractivity contribution in [1.29, 1.82) is 0 Å². The smallest absolute Gasteiger partial charge is 0.126 e. The predicted octanol–water partition coefficient (Wildman–Crippen LogP) is 1.54. The number of hydrogen-bond donors (Lipinski definition) is 2. The van der Waals surface area contributed by atoms with Gasteiger partial charge in [-0.2, -0.15) is 0 Å². The van der Waals surface area contributed by atoms with Gasteiger partial charge in [0, 0.05) is 18.7 Å². The van der Waals surface area contributed by atoms with E-state index < -0.39 is 0 Å². The maximum Gasteiger partial charge on any atom is 0.126 e. The molecule has 0 saturated heterocycles. The summed E-state index contributed by atoms with van der Waals surface area (Å²) in [5, 5.41) is 0. The van der Waals surface area contributed by atoms with E-state index in [1.165, 1.54) is 5.56 Å². The Morgan fingerprint density at radius 3 is 2.89 bits per heavy atom. The molecule has 4 N–H and O–H groups in total. The van der Waals surface area contributed by atoms with Gasteiger partial charge >= 0.3 is 0 Å². The van der Waals surface area contributed by atoms with Gasteiger partial charge in [-0.05, 0) is 29.7 Å². The average Bonchev–Trinajstić information content (AvgIpc) is 2.85. The average molecular weight is 255 g/mol. The molecule has 1 aliphatic heterocycles. The first-order valence-electron chi connectivity index (χ1n) is 6.43. The van der Waals surface area contributed by atoms with Gasteiger partial charge in [0.1, 0.15) is 17.7 Å². The number of fused-ring (bicyclic) bond motifs is 1. The first-order valence-corrected chi connectivity index (χ1v) is 6.43. The number of anilines is 1. The Morgan fingerprint density at radius 2 is 2.11 bits per heavy atom. The van der Waals surface area contributed by atoms with E-state index in [2.05, 4.69) is 11.1 Å². The van der Waals surface area contributed by atoms with Crippen LogP contribution in [0.4, 0.5) is 5.82 Å². The van der Waals surface area contributed by atoms with Crippen LogP contribution in [0.3, 0.4) is 0 Å². The monoisotopic (exact) mass is 255 g/mol. The van der Waals surface area contributed by atoms with Crippen molar-refractivity contribution in [3.8, 4) is 5.75 Å². The minimum Gasteiger partial charge on any atom is -0.488 e. The molecule has 4 nitrogen and oxygen atoms in total. The van der Waals surface area contributed by atoms with Crippen molar-refractivity contribution in [2.45, 2.75) is 25.0 Å². The van der Waals surface area contributed by atoms with Crippen LogP contribution in [0.1, 0.15) is 11.1 Å². The van der Waals surface area contributed by atoms with Gasteiger partial charge in [0.25, 0.3) is 0 Å². The molecule has 1 aromatic carbocycles. The fraction of sp³-hybridized carbons (Fsp3) is 0.267. The molecule has 0 saturated carbocycles. The van der Waals surface area contributed by atoms with Crippen LogP contribution in [-0.2, 0) is 12.8 Å². The maximum atomic E-state index is 6.25. The van der Waals surface area contributed by atoms with Crippen molar-refractivity contribution in [2.75, 3.05) is 5.73 Å². The Morgan fingerprint density at radius 1 is 1.26 bits per heavy atom. The molecule has 0 spiro atoms. The molecule has 0 bridgehead atoms. The number of nitrogen functional groups attached to an aromatic ring is 1. The summed E-state index contributed by atoms with van der Waals surface area (Å²) in [5.74, 6) is 1.50. The standard InChI is InChI=1S/C15H17N3O/c16-12(8-11-5-3-7-18-15(11)17)14-9-10-4-1-2-6-13(10)19-14/h1-7,12,14H,8-9,16H2,(H2,17,18). The molecule has 0 aliphatic carbocycles. The SMILES string of the molecule is Nc1ncccc1CC(N)C1Cc2ccccc2O1. The zero-order chi connectivity index (χ0) is 13.2. The minimum atomic E-state index is -0.0844. The highest BCUT2D eigenvalue weighted by Crippen LogP contribution is 2.29. The van der Waals surface area contributed by atoms with Gasteiger partial charge in [-0.15, -0.1) is 0 Å². The summed E-state index contributed by atoms with van der Waals surface area (Å²) in [6.07, 6.45) is 3.24. The Labute approximate surface area is 112 Å². The highest BCUT2D eigenvalue weighted by Gasteiger charge is 2.28. The highest BCUT2D eigenvalue weighted by molar-refractivity contribution is 5.40. The summed E-state index contributed by atoms with van der Waals surface area (Å²) in [6, 6.07) is 11.8. The number of pyridine rings is 1. The van der Waals surface area contributed by atoms with Gasteiger partial charge in [0.15, 0.2) is 0 Å². The highest BCUT2D eigenvalue weighted by atomic mass is 16.5. The van der Waals surface area contributed by atoms with E-state index in [4.69, 9.17) is 16.2 Å². The molecule has 4 heteroatoms. The Balaban J connectivity index is 1.70. The summed E-state index contributed by atoms with van der Waals surface area (Å²) in [7, 11) is 0. The summed E-state index contributed by atoms with van der Waals surface area (Å²) < 4.78 is 5.89. The number of nitrogens with two attached hydrogens (primary N) is 2. The molecule has 19 heavy (non-hydrogen) atoms. The van der Waals surface area contributed by atoms with Gasteiger partial charge < -0.3 is 16.2 Å². The molecule has 2 heterocycles. The van der Waals surface area contributed by atoms with E-state index in [1.807, 2.05) is 30.3 Å². The maximum absolute atomic E-state index is 6.25. The number of rotatable bonds is 3. The third-order valence-corrected chi connectivity index (χ3v) is 3.53. The third-order valence-electron chi connectivity index (χ3n) is 3.53. The first-order chi connectivity index (χ1) is 9.24. The van der Waals surface area contributed by atoms with Crippen LogP contribution < -0.4 is 16.2 Å². The van der Waals surface area contributed by atoms with Gasteiger partial charge in [-0.25, -0.2) is 4.98 Å². The molecule has 0 amide bonds. The quantitative estimate of drug-likeness (QED) is 0.872. The number of nitrogens with zero attached hydrogens (tertiary/aromatic N) is 1. The second kappa shape index (κ2) is 4.90. The Kier molecular flexibility index (Phi) is 3.09. The number of para-hydroxylation sites is 1. The largest absolute Gasteiger partial charge is 0.488 e. The van der Waals surface area contributed by atoms with Gasteiger partial charge in [0.05, 0.1) is 0 Å². The fourth-order valence-corrected chi connectivity index (χ4v) is 2.46. The van der Waals surface area contributed by atoms with Crippen LogP contribution in [0.15, 0.2) is 42.6 Å². The molecule has 2 aromatic rings. The van der Waals surface area contributed by atoms with E-state index in [1.54, 1.807) is 6.20 Å². The van der Waals surface area contributed by atoms with Crippen LogP contribution in [0, 0.1) is 0 Å². The van der Waals surface area contributed by atoms with E-state index in [0.29, 0.717) is 12.2 Å². The Hall–Kier alpha value is -2.07. The molecule has 98 valence electrons.